The molecule has 22 heavy (non-hydrogen) atoms. The van der Waals surface area contributed by atoms with E-state index in [2.05, 4.69) is 20.3 Å². The van der Waals surface area contributed by atoms with Crippen molar-refractivity contribution in [2.75, 3.05) is 0 Å². The van der Waals surface area contributed by atoms with Gasteiger partial charge in [0.1, 0.15) is 6.61 Å². The van der Waals surface area contributed by atoms with E-state index in [-0.39, 0.29) is 6.61 Å². The molecule has 0 bridgehead atoms. The molecule has 0 spiro atoms. The first-order valence-corrected chi connectivity index (χ1v) is 7.74. The molecule has 0 saturated carbocycles. The molecule has 7 nitrogen and oxygen atoms in total. The summed E-state index contributed by atoms with van der Waals surface area (Å²) >= 11 is 7.27. The molecule has 0 unspecified atom stereocenters. The summed E-state index contributed by atoms with van der Waals surface area (Å²) in [5.41, 5.74) is 0.814. The molecule has 0 saturated heterocycles. The summed E-state index contributed by atoms with van der Waals surface area (Å²) in [5, 5.41) is 22.2. The highest BCUT2D eigenvalue weighted by Crippen LogP contribution is 2.23. The fourth-order valence-corrected chi connectivity index (χ4v) is 2.66. The molecule has 0 aliphatic carbocycles. The maximum absolute atomic E-state index is 9.08. The third-order valence-electron chi connectivity index (χ3n) is 2.96. The van der Waals surface area contributed by atoms with E-state index in [0.29, 0.717) is 33.5 Å². The van der Waals surface area contributed by atoms with E-state index < -0.39 is 0 Å². The molecule has 1 N–H and O–H groups in total. The van der Waals surface area contributed by atoms with Gasteiger partial charge < -0.3 is 14.2 Å². The zero-order chi connectivity index (χ0) is 15.5. The van der Waals surface area contributed by atoms with Gasteiger partial charge >= 0.3 is 0 Å². The van der Waals surface area contributed by atoms with Gasteiger partial charge in [-0.25, -0.2) is 0 Å². The standard InChI is InChI=1S/C13H12ClN5O2S/c1-19-11(6-20)16-17-13(19)22-7-10-15-12(21-18-10)8-2-4-9(14)5-3-8/h2-5,20H,6-7H2,1H3. The second-order valence-electron chi connectivity index (χ2n) is 4.43. The van der Waals surface area contributed by atoms with Crippen LogP contribution in [0, 0.1) is 0 Å². The second-order valence-corrected chi connectivity index (χ2v) is 5.81. The molecule has 0 amide bonds. The van der Waals surface area contributed by atoms with Gasteiger partial charge in [-0.3, -0.25) is 0 Å². The first-order valence-electron chi connectivity index (χ1n) is 6.38. The van der Waals surface area contributed by atoms with Crippen LogP contribution in [0.5, 0.6) is 0 Å². The molecule has 2 aromatic heterocycles. The molecule has 0 aliphatic rings. The molecule has 0 aliphatic heterocycles. The van der Waals surface area contributed by atoms with Crippen LogP contribution in [0.3, 0.4) is 0 Å². The van der Waals surface area contributed by atoms with Gasteiger partial charge in [-0.05, 0) is 24.3 Å². The summed E-state index contributed by atoms with van der Waals surface area (Å²) in [6.07, 6.45) is 0. The topological polar surface area (TPSA) is 89.9 Å². The Morgan fingerprint density at radius 3 is 2.73 bits per heavy atom. The van der Waals surface area contributed by atoms with Gasteiger partial charge in [-0.1, -0.05) is 28.5 Å². The monoisotopic (exact) mass is 337 g/mol. The first kappa shape index (κ1) is 15.0. The molecule has 114 valence electrons. The summed E-state index contributed by atoms with van der Waals surface area (Å²) in [5.74, 6) is 2.01. The van der Waals surface area contributed by atoms with Crippen molar-refractivity contribution >= 4 is 23.4 Å². The Labute approximate surface area is 135 Å². The summed E-state index contributed by atoms with van der Waals surface area (Å²) in [4.78, 5) is 4.33. The van der Waals surface area contributed by atoms with Crippen molar-refractivity contribution in [1.82, 2.24) is 24.9 Å². The van der Waals surface area contributed by atoms with Crippen LogP contribution in [0.1, 0.15) is 11.6 Å². The van der Waals surface area contributed by atoms with Crippen LogP contribution in [0.2, 0.25) is 5.02 Å². The highest BCUT2D eigenvalue weighted by atomic mass is 35.5. The van der Waals surface area contributed by atoms with E-state index in [1.54, 1.807) is 23.7 Å². The molecule has 3 rings (SSSR count). The van der Waals surface area contributed by atoms with Crippen LogP contribution < -0.4 is 0 Å². The Morgan fingerprint density at radius 2 is 2.05 bits per heavy atom. The maximum Gasteiger partial charge on any atom is 0.257 e. The lowest BCUT2D eigenvalue weighted by Gasteiger charge is -1.99. The average molecular weight is 338 g/mol. The molecule has 0 fully saturated rings. The molecule has 9 heteroatoms. The maximum atomic E-state index is 9.08. The number of aromatic nitrogens is 5. The molecular formula is C13H12ClN5O2S. The Balaban J connectivity index is 1.69. The molecule has 3 aromatic rings. The van der Waals surface area contributed by atoms with E-state index in [1.807, 2.05) is 12.1 Å². The van der Waals surface area contributed by atoms with E-state index in [0.717, 1.165) is 5.56 Å². The number of halogens is 1. The van der Waals surface area contributed by atoms with Gasteiger partial charge in [0.05, 0.1) is 5.75 Å². The Morgan fingerprint density at radius 1 is 1.27 bits per heavy atom. The number of nitrogens with zero attached hydrogens (tertiary/aromatic N) is 5. The number of aliphatic hydroxyl groups excluding tert-OH is 1. The summed E-state index contributed by atoms with van der Waals surface area (Å²) in [6.45, 7) is -0.146. The van der Waals surface area contributed by atoms with Crippen molar-refractivity contribution in [1.29, 1.82) is 0 Å². The van der Waals surface area contributed by atoms with Crippen molar-refractivity contribution in [2.45, 2.75) is 17.5 Å². The van der Waals surface area contributed by atoms with E-state index >= 15 is 0 Å². The van der Waals surface area contributed by atoms with Crippen LogP contribution in [0.4, 0.5) is 0 Å². The lowest BCUT2D eigenvalue weighted by molar-refractivity contribution is 0.266. The Kier molecular flexibility index (Phi) is 4.41. The lowest BCUT2D eigenvalue weighted by Crippen LogP contribution is -1.98. The number of benzene rings is 1. The fourth-order valence-electron chi connectivity index (χ4n) is 1.76. The average Bonchev–Trinajstić information content (AvgIpc) is 3.13. The molecule has 0 atom stereocenters. The van der Waals surface area contributed by atoms with Gasteiger partial charge in [0.25, 0.3) is 5.89 Å². The number of hydrogen-bond donors (Lipinski definition) is 1. The van der Waals surface area contributed by atoms with Gasteiger partial charge in [0, 0.05) is 17.6 Å². The van der Waals surface area contributed by atoms with Gasteiger partial charge in [-0.2, -0.15) is 4.98 Å². The predicted molar refractivity (Wildman–Crippen MR) is 81.2 cm³/mol. The van der Waals surface area contributed by atoms with Gasteiger partial charge in [-0.15, -0.1) is 10.2 Å². The fraction of sp³-hybridized carbons (Fsp3) is 0.231. The van der Waals surface area contributed by atoms with Gasteiger partial charge in [0.2, 0.25) is 0 Å². The normalized spacial score (nSPS) is 11.0. The minimum atomic E-state index is -0.146. The van der Waals surface area contributed by atoms with E-state index in [1.165, 1.54) is 11.8 Å². The van der Waals surface area contributed by atoms with Crippen molar-refractivity contribution in [3.8, 4) is 11.5 Å². The second kappa shape index (κ2) is 6.47. The highest BCUT2D eigenvalue weighted by Gasteiger charge is 2.12. The molecule has 2 heterocycles. The van der Waals surface area contributed by atoms with Crippen LogP contribution in [0.15, 0.2) is 33.9 Å². The van der Waals surface area contributed by atoms with Crippen LogP contribution in [-0.2, 0) is 19.4 Å². The highest BCUT2D eigenvalue weighted by molar-refractivity contribution is 7.98. The first-order chi connectivity index (χ1) is 10.7. The van der Waals surface area contributed by atoms with Crippen molar-refractivity contribution in [2.24, 2.45) is 7.05 Å². The molecule has 0 radical (unpaired) electrons. The van der Waals surface area contributed by atoms with Crippen molar-refractivity contribution in [3.63, 3.8) is 0 Å². The lowest BCUT2D eigenvalue weighted by atomic mass is 10.2. The molecular weight excluding hydrogens is 326 g/mol. The van der Waals surface area contributed by atoms with Crippen molar-refractivity contribution in [3.05, 3.63) is 40.9 Å². The van der Waals surface area contributed by atoms with Crippen molar-refractivity contribution < 1.29 is 9.63 Å². The zero-order valence-electron chi connectivity index (χ0n) is 11.6. The number of aliphatic hydroxyl groups is 1. The minimum absolute atomic E-state index is 0.146. The summed E-state index contributed by atoms with van der Waals surface area (Å²) in [7, 11) is 1.79. The van der Waals surface area contributed by atoms with Gasteiger partial charge in [0.15, 0.2) is 16.8 Å². The van der Waals surface area contributed by atoms with Crippen LogP contribution in [0.25, 0.3) is 11.5 Å². The minimum Gasteiger partial charge on any atom is -0.388 e. The molecule has 1 aromatic carbocycles. The van der Waals surface area contributed by atoms with E-state index in [9.17, 15) is 0 Å². The largest absolute Gasteiger partial charge is 0.388 e. The summed E-state index contributed by atoms with van der Waals surface area (Å²) in [6, 6.07) is 7.18. The number of rotatable bonds is 5. The smallest absolute Gasteiger partial charge is 0.257 e. The number of hydrogen-bond acceptors (Lipinski definition) is 7. The number of thioether (sulfide) groups is 1. The quantitative estimate of drug-likeness (QED) is 0.714. The Hall–Kier alpha value is -1.90. The third-order valence-corrected chi connectivity index (χ3v) is 4.22. The predicted octanol–water partition coefficient (Wildman–Crippen LogP) is 2.30. The Bertz CT molecular complexity index is 771. The zero-order valence-corrected chi connectivity index (χ0v) is 13.2. The van der Waals surface area contributed by atoms with E-state index in [4.69, 9.17) is 21.2 Å². The van der Waals surface area contributed by atoms with Crippen LogP contribution >= 0.6 is 23.4 Å². The third kappa shape index (κ3) is 3.13. The van der Waals surface area contributed by atoms with Crippen LogP contribution in [-0.4, -0.2) is 30.0 Å². The SMILES string of the molecule is Cn1c(CO)nnc1SCc1noc(-c2ccc(Cl)cc2)n1. The summed E-state index contributed by atoms with van der Waals surface area (Å²) < 4.78 is 6.96.